The Morgan fingerprint density at radius 2 is 1.37 bits per heavy atom. The van der Waals surface area contributed by atoms with Crippen LogP contribution >= 0.6 is 0 Å². The van der Waals surface area contributed by atoms with Crippen molar-refractivity contribution in [1.29, 1.82) is 0 Å². The average molecular weight is 624 g/mol. The smallest absolute Gasteiger partial charge is 0.310 e. The number of amides is 3. The van der Waals surface area contributed by atoms with Gasteiger partial charge in [-0.25, -0.2) is 0 Å². The second-order valence-electron chi connectivity index (χ2n) is 13.2. The van der Waals surface area contributed by atoms with Gasteiger partial charge in [0.1, 0.15) is 5.60 Å². The zero-order valence-corrected chi connectivity index (χ0v) is 27.6. The maximum absolute atomic E-state index is 14.3. The highest BCUT2D eigenvalue weighted by Gasteiger charge is 2.40. The lowest BCUT2D eigenvalue weighted by molar-refractivity contribution is -0.164. The number of nitrogens with zero attached hydrogens (tertiary/aromatic N) is 2. The highest BCUT2D eigenvalue weighted by atomic mass is 16.6. The fraction of sp³-hybridized carbons (Fsp3) is 0.368. The monoisotopic (exact) mass is 623 g/mol. The lowest BCUT2D eigenvalue weighted by atomic mass is 9.82. The first kappa shape index (κ1) is 34.2. The van der Waals surface area contributed by atoms with Gasteiger partial charge in [0, 0.05) is 0 Å². The number of imide groups is 1. The number of carbonyl (C=O) groups is 4. The number of fused-ring (bicyclic) bond motifs is 1. The van der Waals surface area contributed by atoms with E-state index in [0.717, 1.165) is 5.56 Å². The lowest BCUT2D eigenvalue weighted by Crippen LogP contribution is -2.53. The normalized spacial score (nSPS) is 15.1. The Morgan fingerprint density at radius 3 is 1.91 bits per heavy atom. The fourth-order valence-corrected chi connectivity index (χ4v) is 5.67. The molecule has 0 unspecified atom stereocenters. The fourth-order valence-electron chi connectivity index (χ4n) is 5.67. The van der Waals surface area contributed by atoms with Crippen molar-refractivity contribution in [3.63, 3.8) is 0 Å². The Kier molecular flexibility index (Phi) is 11.2. The standard InChI is InChI=1S/C38H45N3O5/c1-26(2)24-33(32(37(45)46-38(4,5)6)23-15-18-28-16-9-7-10-17-28)34(42)39-40(29-19-11-8-12-20-29)25-27(3)41-35(43)30-21-13-14-22-31(30)36(41)44/h7-22,26-27,32-33H,23-25H2,1-6H3,(H,39,42)/b18-15+/t27-,32+,33-/m1/s1. The number of hydrogen-bond donors (Lipinski definition) is 1. The topological polar surface area (TPSA) is 96.0 Å². The van der Waals surface area contributed by atoms with Crippen molar-refractivity contribution in [2.75, 3.05) is 11.6 Å². The van der Waals surface area contributed by atoms with Gasteiger partial charge in [-0.05, 0) is 76.3 Å². The van der Waals surface area contributed by atoms with Crippen molar-refractivity contribution in [1.82, 2.24) is 10.3 Å². The van der Waals surface area contributed by atoms with Crippen molar-refractivity contribution in [2.24, 2.45) is 17.8 Å². The summed E-state index contributed by atoms with van der Waals surface area (Å²) in [6.45, 7) is 11.4. The SMILES string of the molecule is CC(C)C[C@@H](C(=O)NN(C[C@@H](C)N1C(=O)c2ccccc2C1=O)c1ccccc1)[C@H](C/C=C/c1ccccc1)C(=O)OC(C)(C)C. The van der Waals surface area contributed by atoms with Crippen LogP contribution in [0.4, 0.5) is 5.69 Å². The summed E-state index contributed by atoms with van der Waals surface area (Å²) < 4.78 is 5.84. The van der Waals surface area contributed by atoms with E-state index < -0.39 is 29.4 Å². The average Bonchev–Trinajstić information content (AvgIpc) is 3.27. The summed E-state index contributed by atoms with van der Waals surface area (Å²) in [5.41, 5.74) is 4.75. The molecule has 3 atom stereocenters. The molecule has 0 saturated heterocycles. The minimum absolute atomic E-state index is 0.112. The number of rotatable bonds is 13. The molecule has 0 aliphatic carbocycles. The first-order chi connectivity index (χ1) is 21.9. The third-order valence-corrected chi connectivity index (χ3v) is 7.78. The molecule has 0 aromatic heterocycles. The van der Waals surface area contributed by atoms with Crippen molar-refractivity contribution in [3.8, 4) is 0 Å². The van der Waals surface area contributed by atoms with Crippen LogP contribution in [0.3, 0.4) is 0 Å². The van der Waals surface area contributed by atoms with Crippen LogP contribution in [-0.2, 0) is 14.3 Å². The van der Waals surface area contributed by atoms with Crippen LogP contribution in [0, 0.1) is 17.8 Å². The molecule has 1 N–H and O–H groups in total. The lowest BCUT2D eigenvalue weighted by Gasteiger charge is -2.34. The summed E-state index contributed by atoms with van der Waals surface area (Å²) >= 11 is 0. The number of carbonyl (C=O) groups excluding carboxylic acids is 4. The second kappa shape index (κ2) is 15.0. The van der Waals surface area contributed by atoms with E-state index in [4.69, 9.17) is 4.74 Å². The van der Waals surface area contributed by atoms with Gasteiger partial charge in [-0.2, -0.15) is 0 Å². The Hall–Kier alpha value is -4.72. The Bertz CT molecular complexity index is 1510. The molecule has 4 rings (SSSR count). The predicted octanol–water partition coefficient (Wildman–Crippen LogP) is 6.93. The van der Waals surface area contributed by atoms with Crippen LogP contribution in [0.2, 0.25) is 0 Å². The molecular weight excluding hydrogens is 578 g/mol. The van der Waals surface area contributed by atoms with Crippen LogP contribution in [0.5, 0.6) is 0 Å². The van der Waals surface area contributed by atoms with E-state index in [1.54, 1.807) is 36.2 Å². The van der Waals surface area contributed by atoms with Gasteiger partial charge < -0.3 is 4.74 Å². The summed E-state index contributed by atoms with van der Waals surface area (Å²) in [5, 5.41) is 1.66. The molecule has 1 aliphatic rings. The molecule has 3 aromatic carbocycles. The molecule has 3 aromatic rings. The second-order valence-corrected chi connectivity index (χ2v) is 13.2. The van der Waals surface area contributed by atoms with Gasteiger partial charge in [-0.1, -0.05) is 86.7 Å². The number of nitrogens with one attached hydrogen (secondary N) is 1. The van der Waals surface area contributed by atoms with Crippen molar-refractivity contribution < 1.29 is 23.9 Å². The first-order valence-electron chi connectivity index (χ1n) is 15.9. The van der Waals surface area contributed by atoms with Gasteiger partial charge in [-0.3, -0.25) is 34.5 Å². The van der Waals surface area contributed by atoms with Crippen LogP contribution < -0.4 is 10.4 Å². The van der Waals surface area contributed by atoms with Crippen LogP contribution in [0.1, 0.15) is 80.7 Å². The summed E-state index contributed by atoms with van der Waals surface area (Å²) in [7, 11) is 0. The van der Waals surface area contributed by atoms with Gasteiger partial charge in [-0.15, -0.1) is 0 Å². The minimum atomic E-state index is -0.743. The first-order valence-corrected chi connectivity index (χ1v) is 15.9. The number of allylic oxidation sites excluding steroid dienone is 1. The van der Waals surface area contributed by atoms with Crippen LogP contribution in [0.15, 0.2) is 91.0 Å². The molecule has 0 saturated carbocycles. The van der Waals surface area contributed by atoms with E-state index >= 15 is 0 Å². The van der Waals surface area contributed by atoms with E-state index in [1.165, 1.54) is 4.90 Å². The number of para-hydroxylation sites is 1. The van der Waals surface area contributed by atoms with E-state index in [0.29, 0.717) is 29.7 Å². The molecular formula is C38H45N3O5. The van der Waals surface area contributed by atoms with E-state index in [1.807, 2.05) is 107 Å². The van der Waals surface area contributed by atoms with Crippen molar-refractivity contribution >= 4 is 35.5 Å². The Balaban J connectivity index is 1.62. The van der Waals surface area contributed by atoms with Crippen LogP contribution in [0.25, 0.3) is 6.08 Å². The number of hydrazine groups is 1. The van der Waals surface area contributed by atoms with Gasteiger partial charge >= 0.3 is 5.97 Å². The maximum atomic E-state index is 14.3. The Morgan fingerprint density at radius 1 is 0.826 bits per heavy atom. The quantitative estimate of drug-likeness (QED) is 0.126. The molecule has 0 radical (unpaired) electrons. The molecule has 8 heteroatoms. The molecule has 3 amide bonds. The van der Waals surface area contributed by atoms with Gasteiger partial charge in [0.05, 0.1) is 41.2 Å². The Labute approximate surface area is 272 Å². The van der Waals surface area contributed by atoms with Gasteiger partial charge in [0.15, 0.2) is 0 Å². The van der Waals surface area contributed by atoms with Gasteiger partial charge in [0.25, 0.3) is 11.8 Å². The number of hydrogen-bond acceptors (Lipinski definition) is 6. The molecule has 0 bridgehead atoms. The number of anilines is 1. The largest absolute Gasteiger partial charge is 0.460 e. The molecule has 0 fully saturated rings. The summed E-state index contributed by atoms with van der Waals surface area (Å²) in [6, 6.07) is 25.3. The molecule has 242 valence electrons. The minimum Gasteiger partial charge on any atom is -0.460 e. The van der Waals surface area contributed by atoms with Crippen molar-refractivity contribution in [2.45, 2.75) is 66.0 Å². The van der Waals surface area contributed by atoms with Crippen LogP contribution in [-0.4, -0.2) is 46.8 Å². The summed E-state index contributed by atoms with van der Waals surface area (Å²) in [6.07, 6.45) is 4.63. The van der Waals surface area contributed by atoms with Crippen molar-refractivity contribution in [3.05, 3.63) is 108 Å². The molecule has 46 heavy (non-hydrogen) atoms. The van der Waals surface area contributed by atoms with E-state index in [9.17, 15) is 19.2 Å². The highest BCUT2D eigenvalue weighted by Crippen LogP contribution is 2.29. The summed E-state index contributed by atoms with van der Waals surface area (Å²) in [4.78, 5) is 55.7. The zero-order valence-electron chi connectivity index (χ0n) is 27.6. The van der Waals surface area contributed by atoms with Gasteiger partial charge in [0.2, 0.25) is 5.91 Å². The number of ether oxygens (including phenoxy) is 1. The highest BCUT2D eigenvalue weighted by molar-refractivity contribution is 6.21. The summed E-state index contributed by atoms with van der Waals surface area (Å²) in [5.74, 6) is -2.83. The zero-order chi connectivity index (χ0) is 33.4. The molecule has 1 aliphatic heterocycles. The third kappa shape index (κ3) is 8.71. The maximum Gasteiger partial charge on any atom is 0.310 e. The number of esters is 1. The molecule has 0 spiro atoms. The molecule has 1 heterocycles. The third-order valence-electron chi connectivity index (χ3n) is 7.78. The molecule has 8 nitrogen and oxygen atoms in total. The predicted molar refractivity (Wildman–Crippen MR) is 181 cm³/mol. The van der Waals surface area contributed by atoms with E-state index in [-0.39, 0.29) is 30.2 Å². The van der Waals surface area contributed by atoms with E-state index in [2.05, 4.69) is 5.43 Å². The number of benzene rings is 3.